The molecule has 0 unspecified atom stereocenters. The first-order valence-electron chi connectivity index (χ1n) is 17.2. The topological polar surface area (TPSA) is 34.2 Å². The number of para-hydroxylation sites is 2. The summed E-state index contributed by atoms with van der Waals surface area (Å²) in [7, 11) is 0. The van der Waals surface area contributed by atoms with E-state index in [-0.39, 0.29) is 0 Å². The lowest BCUT2D eigenvalue weighted by molar-refractivity contribution is 0.620. The van der Waals surface area contributed by atoms with Gasteiger partial charge in [-0.3, -0.25) is 0 Å². The Morgan fingerprint density at radius 3 is 1.76 bits per heavy atom. The molecule has 0 bridgehead atoms. The molecule has 8 aromatic carbocycles. The van der Waals surface area contributed by atoms with Gasteiger partial charge in [0.25, 0.3) is 0 Å². The largest absolute Gasteiger partial charge is 0.436 e. The van der Waals surface area contributed by atoms with Gasteiger partial charge >= 0.3 is 0 Å². The predicted molar refractivity (Wildman–Crippen MR) is 211 cm³/mol. The molecule has 0 atom stereocenters. The second-order valence-corrected chi connectivity index (χ2v) is 12.8. The summed E-state index contributed by atoms with van der Waals surface area (Å²) in [5.74, 6) is 0.630. The van der Waals surface area contributed by atoms with Crippen molar-refractivity contribution < 1.29 is 4.42 Å². The van der Waals surface area contributed by atoms with Crippen molar-refractivity contribution in [2.45, 2.75) is 0 Å². The third kappa shape index (κ3) is 4.96. The molecule has 0 saturated heterocycles. The Balaban J connectivity index is 1.12. The summed E-state index contributed by atoms with van der Waals surface area (Å²) in [6, 6.07) is 66.4. The Morgan fingerprint density at radius 2 is 1.04 bits per heavy atom. The molecule has 0 aliphatic carbocycles. The number of benzene rings is 8. The van der Waals surface area contributed by atoms with Gasteiger partial charge in [-0.15, -0.1) is 0 Å². The van der Waals surface area contributed by atoms with E-state index in [0.29, 0.717) is 5.89 Å². The van der Waals surface area contributed by atoms with E-state index in [1.807, 2.05) is 36.4 Å². The Bertz CT molecular complexity index is 2800. The Hall–Kier alpha value is -6.91. The van der Waals surface area contributed by atoms with Gasteiger partial charge in [0.05, 0.1) is 11.0 Å². The number of nitrogens with zero attached hydrogens (tertiary/aromatic N) is 3. The maximum absolute atomic E-state index is 6.21. The molecule has 0 aliphatic heterocycles. The van der Waals surface area contributed by atoms with Crippen LogP contribution in [0.3, 0.4) is 0 Å². The van der Waals surface area contributed by atoms with Crippen LogP contribution in [0.25, 0.3) is 71.9 Å². The molecule has 2 heterocycles. The lowest BCUT2D eigenvalue weighted by atomic mass is 10.0. The number of rotatable bonds is 6. The first-order valence-corrected chi connectivity index (χ1v) is 17.2. The van der Waals surface area contributed by atoms with Crippen molar-refractivity contribution >= 4 is 60.7 Å². The molecule has 2 aromatic heterocycles. The number of fused-ring (bicyclic) bond motifs is 6. The molecule has 0 N–H and O–H groups in total. The zero-order chi connectivity index (χ0) is 33.7. The minimum absolute atomic E-state index is 0.630. The van der Waals surface area contributed by atoms with Crippen LogP contribution in [-0.4, -0.2) is 9.55 Å². The fourth-order valence-corrected chi connectivity index (χ4v) is 7.40. The predicted octanol–water partition coefficient (Wildman–Crippen LogP) is 12.9. The van der Waals surface area contributed by atoms with Gasteiger partial charge in [0.2, 0.25) is 5.89 Å². The van der Waals surface area contributed by atoms with Gasteiger partial charge in [-0.05, 0) is 101 Å². The summed E-state index contributed by atoms with van der Waals surface area (Å²) in [5.41, 5.74) is 11.7. The lowest BCUT2D eigenvalue weighted by Gasteiger charge is -2.26. The molecule has 0 spiro atoms. The molecule has 0 aliphatic rings. The molecule has 0 saturated carbocycles. The van der Waals surface area contributed by atoms with Crippen LogP contribution < -0.4 is 4.90 Å². The zero-order valence-corrected chi connectivity index (χ0v) is 27.6. The van der Waals surface area contributed by atoms with Gasteiger partial charge in [0.1, 0.15) is 5.52 Å². The third-order valence-corrected chi connectivity index (χ3v) is 9.79. The van der Waals surface area contributed by atoms with Crippen molar-refractivity contribution in [1.29, 1.82) is 0 Å². The van der Waals surface area contributed by atoms with Gasteiger partial charge in [-0.25, -0.2) is 4.98 Å². The monoisotopic (exact) mass is 653 g/mol. The summed E-state index contributed by atoms with van der Waals surface area (Å²) in [5, 5.41) is 4.66. The smallest absolute Gasteiger partial charge is 0.227 e. The third-order valence-electron chi connectivity index (χ3n) is 9.79. The molecule has 10 rings (SSSR count). The molecule has 4 nitrogen and oxygen atoms in total. The van der Waals surface area contributed by atoms with E-state index in [2.05, 4.69) is 161 Å². The fraction of sp³-hybridized carbons (Fsp3) is 0. The van der Waals surface area contributed by atoms with E-state index >= 15 is 0 Å². The molecule has 240 valence electrons. The maximum Gasteiger partial charge on any atom is 0.227 e. The standard InChI is InChI=1S/C47H31N3O/c1-3-12-32(13-4-1)34-16-11-17-38(30-34)49(36-23-25-37(26-24-36)50-43-20-9-7-18-41(43)42-19-8-10-21-44(42)50)39-27-28-40-35(31-39)22-29-45-46(40)48-47(51-45)33-14-5-2-6-15-33/h1-31H. The van der Waals surface area contributed by atoms with E-state index in [1.54, 1.807) is 0 Å². The molecule has 0 fully saturated rings. The molecule has 10 aromatic rings. The summed E-state index contributed by atoms with van der Waals surface area (Å²) >= 11 is 0. The molecular weight excluding hydrogens is 623 g/mol. The maximum atomic E-state index is 6.21. The van der Waals surface area contributed by atoms with Crippen LogP contribution in [0.1, 0.15) is 0 Å². The molecule has 51 heavy (non-hydrogen) atoms. The minimum atomic E-state index is 0.630. The fourth-order valence-electron chi connectivity index (χ4n) is 7.40. The Kier molecular flexibility index (Phi) is 6.78. The summed E-state index contributed by atoms with van der Waals surface area (Å²) < 4.78 is 8.56. The number of hydrogen-bond acceptors (Lipinski definition) is 3. The van der Waals surface area contributed by atoms with Crippen molar-refractivity contribution in [2.24, 2.45) is 0 Å². The Morgan fingerprint density at radius 1 is 0.431 bits per heavy atom. The van der Waals surface area contributed by atoms with Crippen LogP contribution in [0.15, 0.2) is 192 Å². The number of hydrogen-bond donors (Lipinski definition) is 0. The number of aromatic nitrogens is 2. The van der Waals surface area contributed by atoms with Crippen molar-refractivity contribution in [3.63, 3.8) is 0 Å². The van der Waals surface area contributed by atoms with E-state index in [9.17, 15) is 0 Å². The molecule has 4 heteroatoms. The number of anilines is 3. The molecular formula is C47H31N3O. The van der Waals surface area contributed by atoms with Crippen LogP contribution in [0.2, 0.25) is 0 Å². The van der Waals surface area contributed by atoms with Gasteiger partial charge in [0, 0.05) is 44.5 Å². The zero-order valence-electron chi connectivity index (χ0n) is 27.6. The van der Waals surface area contributed by atoms with Crippen molar-refractivity contribution in [3.05, 3.63) is 188 Å². The second kappa shape index (κ2) is 11.9. The normalized spacial score (nSPS) is 11.5. The number of oxazole rings is 1. The first kappa shape index (κ1) is 29.0. The van der Waals surface area contributed by atoms with Crippen LogP contribution >= 0.6 is 0 Å². The van der Waals surface area contributed by atoms with Crippen LogP contribution in [0.4, 0.5) is 17.1 Å². The van der Waals surface area contributed by atoms with Crippen molar-refractivity contribution in [1.82, 2.24) is 9.55 Å². The highest BCUT2D eigenvalue weighted by Gasteiger charge is 2.18. The van der Waals surface area contributed by atoms with Gasteiger partial charge < -0.3 is 13.9 Å². The summed E-state index contributed by atoms with van der Waals surface area (Å²) in [6.45, 7) is 0. The molecule has 0 amide bonds. The highest BCUT2D eigenvalue weighted by atomic mass is 16.3. The summed E-state index contributed by atoms with van der Waals surface area (Å²) in [4.78, 5) is 7.28. The quantitative estimate of drug-likeness (QED) is 0.179. The van der Waals surface area contributed by atoms with Crippen LogP contribution in [0, 0.1) is 0 Å². The average Bonchev–Trinajstić information content (AvgIpc) is 3.79. The van der Waals surface area contributed by atoms with E-state index in [0.717, 1.165) is 50.2 Å². The van der Waals surface area contributed by atoms with Gasteiger partial charge in [0.15, 0.2) is 5.58 Å². The minimum Gasteiger partial charge on any atom is -0.436 e. The van der Waals surface area contributed by atoms with E-state index < -0.39 is 0 Å². The van der Waals surface area contributed by atoms with Crippen LogP contribution in [0.5, 0.6) is 0 Å². The summed E-state index contributed by atoms with van der Waals surface area (Å²) in [6.07, 6.45) is 0. The SMILES string of the molecule is c1ccc(-c2cccc(N(c3ccc(-n4c5ccccc5c5ccccc54)cc3)c3ccc4c(ccc5oc(-c6ccccc6)nc54)c3)c2)cc1. The van der Waals surface area contributed by atoms with Gasteiger partial charge in [-0.1, -0.05) is 103 Å². The highest BCUT2D eigenvalue weighted by molar-refractivity contribution is 6.09. The van der Waals surface area contributed by atoms with E-state index in [1.165, 1.54) is 32.9 Å². The second-order valence-electron chi connectivity index (χ2n) is 12.8. The van der Waals surface area contributed by atoms with E-state index in [4.69, 9.17) is 9.40 Å². The first-order chi connectivity index (χ1) is 25.3. The van der Waals surface area contributed by atoms with Crippen molar-refractivity contribution in [2.75, 3.05) is 4.90 Å². The van der Waals surface area contributed by atoms with Crippen LogP contribution in [-0.2, 0) is 0 Å². The average molecular weight is 654 g/mol. The van der Waals surface area contributed by atoms with Crippen molar-refractivity contribution in [3.8, 4) is 28.3 Å². The molecule has 0 radical (unpaired) electrons. The van der Waals surface area contributed by atoms with Gasteiger partial charge in [-0.2, -0.15) is 0 Å². The highest BCUT2D eigenvalue weighted by Crippen LogP contribution is 2.40. The lowest BCUT2D eigenvalue weighted by Crippen LogP contribution is -2.10. The Labute approximate surface area is 295 Å².